The number of likely N-dealkylation sites (N-methyl/N-ethyl adjacent to an activating group) is 1. The molecule has 4 N–H and O–H groups in total. The van der Waals surface area contributed by atoms with Crippen LogP contribution in [0.2, 0.25) is 0 Å². The number of quaternary nitrogens is 1. The molecule has 10 heteroatoms. The molecule has 1 amide bonds. The molecule has 0 aliphatic carbocycles. The van der Waals surface area contributed by atoms with Crippen LogP contribution in [0.25, 0.3) is 0 Å². The van der Waals surface area contributed by atoms with Gasteiger partial charge in [0.25, 0.3) is 0 Å². The number of hydrogen-bond acceptors (Lipinski definition) is 6. The van der Waals surface area contributed by atoms with Crippen LogP contribution in [0.3, 0.4) is 0 Å². The molecule has 0 saturated heterocycles. The van der Waals surface area contributed by atoms with Gasteiger partial charge < -0.3 is 24.9 Å². The Labute approximate surface area is 311 Å². The van der Waals surface area contributed by atoms with Crippen molar-refractivity contribution in [1.29, 1.82) is 0 Å². The second-order valence-corrected chi connectivity index (χ2v) is 15.6. The summed E-state index contributed by atoms with van der Waals surface area (Å²) in [5, 5.41) is 23.4. The molecule has 2 unspecified atom stereocenters. The summed E-state index contributed by atoms with van der Waals surface area (Å²) in [6, 6.07) is -0.903. The van der Waals surface area contributed by atoms with E-state index in [9.17, 15) is 24.5 Å². The van der Waals surface area contributed by atoms with Crippen molar-refractivity contribution in [2.24, 2.45) is 0 Å². The van der Waals surface area contributed by atoms with Gasteiger partial charge in [-0.15, -0.1) is 0 Å². The third kappa shape index (κ3) is 34.7. The summed E-state index contributed by atoms with van der Waals surface area (Å²) in [5.41, 5.74) is 0. The Hall–Kier alpha value is -2.10. The molecule has 0 saturated carbocycles. The lowest BCUT2D eigenvalue weighted by Crippen LogP contribution is -2.45. The fourth-order valence-corrected chi connectivity index (χ4v) is 5.56. The summed E-state index contributed by atoms with van der Waals surface area (Å²) in [6.07, 6.45) is 39.0. The summed E-state index contributed by atoms with van der Waals surface area (Å²) in [4.78, 5) is 23.0. The van der Waals surface area contributed by atoms with Gasteiger partial charge in [-0.1, -0.05) is 119 Å². The molecule has 4 atom stereocenters. The van der Waals surface area contributed by atoms with E-state index >= 15 is 0 Å². The van der Waals surface area contributed by atoms with Crippen LogP contribution in [0.5, 0.6) is 0 Å². The molecule has 0 aliphatic heterocycles. The average molecular weight is 738 g/mol. The number of allylic oxidation sites excluding steroid dienone is 10. The van der Waals surface area contributed by atoms with E-state index in [0.29, 0.717) is 17.4 Å². The predicted octanol–water partition coefficient (Wildman–Crippen LogP) is 9.04. The van der Waals surface area contributed by atoms with Crippen molar-refractivity contribution >= 4 is 13.7 Å². The van der Waals surface area contributed by atoms with Crippen molar-refractivity contribution in [1.82, 2.24) is 5.32 Å². The van der Waals surface area contributed by atoms with Gasteiger partial charge in [0.15, 0.2) is 0 Å². The minimum Gasteiger partial charge on any atom is -0.393 e. The van der Waals surface area contributed by atoms with Crippen LogP contribution in [0.4, 0.5) is 0 Å². The number of hydrogen-bond donors (Lipinski definition) is 4. The number of nitrogens with one attached hydrogen (secondary N) is 1. The Morgan fingerprint density at radius 1 is 0.725 bits per heavy atom. The summed E-state index contributed by atoms with van der Waals surface area (Å²) in [7, 11) is 1.48. The van der Waals surface area contributed by atoms with Crippen LogP contribution in [0.15, 0.2) is 72.9 Å². The monoisotopic (exact) mass is 738 g/mol. The Bertz CT molecular complexity index is 1080. The van der Waals surface area contributed by atoms with E-state index in [0.717, 1.165) is 64.2 Å². The molecule has 0 aromatic heterocycles. The molecule has 0 bridgehead atoms. The Kier molecular flexibility index (Phi) is 31.2. The van der Waals surface area contributed by atoms with Gasteiger partial charge in [0.2, 0.25) is 5.91 Å². The average Bonchev–Trinajstić information content (AvgIpc) is 3.06. The molecule has 0 aliphatic rings. The lowest BCUT2D eigenvalue weighted by atomic mass is 10.1. The Morgan fingerprint density at radius 3 is 1.94 bits per heavy atom. The van der Waals surface area contributed by atoms with Crippen LogP contribution in [0.1, 0.15) is 123 Å². The number of phosphoric ester groups is 1. The number of rotatable bonds is 33. The highest BCUT2D eigenvalue weighted by atomic mass is 31.2. The standard InChI is InChI=1S/C41H73N2O7P/c1-6-8-9-10-11-12-16-20-23-26-29-33-40(45)39(37-50-51(47,48)49-36-35-43(3,4)5)42-41(46)34-30-27-24-21-18-15-13-14-17-19-22-25-28-32-38(44)31-7-2/h13,15-17,19-21,24-25,28-29,33,38-40,44-45H,6-12,14,18,22-23,26-27,30-32,34-37H2,1-5H3,(H-,42,46,47,48)/p+1/b15-13-,19-17-,20-16-,24-21-,28-25-,33-29+/t38?,39-,40+/m0/s1. The van der Waals surface area contributed by atoms with Crippen LogP contribution in [-0.2, 0) is 18.4 Å². The van der Waals surface area contributed by atoms with Crippen molar-refractivity contribution < 1.29 is 38.0 Å². The van der Waals surface area contributed by atoms with Gasteiger partial charge in [-0.25, -0.2) is 4.57 Å². The van der Waals surface area contributed by atoms with Crippen molar-refractivity contribution in [3.63, 3.8) is 0 Å². The van der Waals surface area contributed by atoms with Crippen LogP contribution < -0.4 is 5.32 Å². The Balaban J connectivity index is 4.68. The third-order valence-electron chi connectivity index (χ3n) is 7.95. The highest BCUT2D eigenvalue weighted by Gasteiger charge is 2.27. The first-order chi connectivity index (χ1) is 24.4. The molecule has 294 valence electrons. The molecular weight excluding hydrogens is 663 g/mol. The van der Waals surface area contributed by atoms with Crippen molar-refractivity contribution in [2.45, 2.75) is 141 Å². The van der Waals surface area contributed by atoms with Gasteiger partial charge in [0, 0.05) is 6.42 Å². The van der Waals surface area contributed by atoms with E-state index < -0.39 is 20.0 Å². The van der Waals surface area contributed by atoms with Gasteiger partial charge in [0.05, 0.1) is 46.0 Å². The molecule has 51 heavy (non-hydrogen) atoms. The molecule has 0 aromatic rings. The highest BCUT2D eigenvalue weighted by Crippen LogP contribution is 2.43. The van der Waals surface area contributed by atoms with E-state index in [1.54, 1.807) is 6.08 Å². The molecule has 0 heterocycles. The fourth-order valence-electron chi connectivity index (χ4n) is 4.83. The molecular formula is C41H74N2O7P+. The van der Waals surface area contributed by atoms with E-state index in [1.165, 1.54) is 32.1 Å². The lowest BCUT2D eigenvalue weighted by molar-refractivity contribution is -0.870. The minimum atomic E-state index is -4.36. The second-order valence-electron chi connectivity index (χ2n) is 14.1. The smallest absolute Gasteiger partial charge is 0.393 e. The summed E-state index contributed by atoms with van der Waals surface area (Å²) in [6.45, 7) is 4.48. The van der Waals surface area contributed by atoms with Crippen molar-refractivity contribution in [3.8, 4) is 0 Å². The third-order valence-corrected chi connectivity index (χ3v) is 8.94. The number of phosphoric acid groups is 1. The zero-order valence-electron chi connectivity index (χ0n) is 32.7. The van der Waals surface area contributed by atoms with Crippen LogP contribution >= 0.6 is 7.82 Å². The highest BCUT2D eigenvalue weighted by molar-refractivity contribution is 7.47. The molecule has 0 spiro atoms. The molecule has 0 fully saturated rings. The summed E-state index contributed by atoms with van der Waals surface area (Å²) >= 11 is 0. The molecule has 0 rings (SSSR count). The van der Waals surface area contributed by atoms with Crippen molar-refractivity contribution in [3.05, 3.63) is 72.9 Å². The van der Waals surface area contributed by atoms with Gasteiger partial charge in [-0.3, -0.25) is 13.8 Å². The number of amides is 1. The van der Waals surface area contributed by atoms with Crippen LogP contribution in [0, 0.1) is 0 Å². The first-order valence-electron chi connectivity index (χ1n) is 19.4. The topological polar surface area (TPSA) is 125 Å². The van der Waals surface area contributed by atoms with Gasteiger partial charge >= 0.3 is 7.82 Å². The maximum absolute atomic E-state index is 12.8. The molecule has 0 aromatic carbocycles. The molecule has 9 nitrogen and oxygen atoms in total. The predicted molar refractivity (Wildman–Crippen MR) is 213 cm³/mol. The van der Waals surface area contributed by atoms with E-state index in [4.69, 9.17) is 9.05 Å². The van der Waals surface area contributed by atoms with E-state index in [-0.39, 0.29) is 31.6 Å². The van der Waals surface area contributed by atoms with Crippen molar-refractivity contribution in [2.75, 3.05) is 40.9 Å². The first kappa shape index (κ1) is 48.9. The number of nitrogens with zero attached hydrogens (tertiary/aromatic N) is 1. The number of carbonyl (C=O) groups is 1. The quantitative estimate of drug-likeness (QED) is 0.0229. The fraction of sp³-hybridized carbons (Fsp3) is 0.683. The van der Waals surface area contributed by atoms with Gasteiger partial charge in [-0.05, 0) is 70.6 Å². The van der Waals surface area contributed by atoms with E-state index in [1.807, 2.05) is 33.3 Å². The number of aliphatic hydroxyl groups is 2. The lowest BCUT2D eigenvalue weighted by Gasteiger charge is -2.25. The summed E-state index contributed by atoms with van der Waals surface area (Å²) < 4.78 is 23.4. The maximum atomic E-state index is 12.8. The summed E-state index contributed by atoms with van der Waals surface area (Å²) in [5.74, 6) is -0.260. The van der Waals surface area contributed by atoms with Gasteiger partial charge in [0.1, 0.15) is 13.2 Å². The number of carbonyl (C=O) groups excluding carboxylic acids is 1. The Morgan fingerprint density at radius 2 is 1.29 bits per heavy atom. The maximum Gasteiger partial charge on any atom is 0.472 e. The zero-order valence-corrected chi connectivity index (χ0v) is 33.6. The van der Waals surface area contributed by atoms with E-state index in [2.05, 4.69) is 73.8 Å². The number of unbranched alkanes of at least 4 members (excludes halogenated alkanes) is 7. The molecule has 0 radical (unpaired) electrons. The van der Waals surface area contributed by atoms with Crippen LogP contribution in [-0.4, -0.2) is 84.6 Å². The second kappa shape index (κ2) is 32.5. The minimum absolute atomic E-state index is 0.0353. The largest absolute Gasteiger partial charge is 0.472 e. The SMILES string of the molecule is CCCCCCC/C=C\CC/C=C/[C@@H](O)[C@H](COP(=O)(O)OCC[N+](C)(C)C)NC(=O)CCC/C=C\C/C=C\C/C=C\C/C=C\CC(O)CCC. The number of aliphatic hydroxyl groups excluding tert-OH is 2. The first-order valence-corrected chi connectivity index (χ1v) is 20.9. The van der Waals surface area contributed by atoms with Gasteiger partial charge in [-0.2, -0.15) is 0 Å². The zero-order chi connectivity index (χ0) is 38.1. The normalized spacial score (nSPS) is 16.0.